The maximum absolute atomic E-state index is 11.0. The molecule has 5 heteroatoms. The van der Waals surface area contributed by atoms with Crippen LogP contribution in [0.25, 0.3) is 11.1 Å². The Balaban J connectivity index is 1.67. The molecule has 132 valence electrons. The molecule has 1 heterocycles. The van der Waals surface area contributed by atoms with Crippen molar-refractivity contribution >= 4 is 5.69 Å². The summed E-state index contributed by atoms with van der Waals surface area (Å²) in [6, 6.07) is 15.2. The van der Waals surface area contributed by atoms with Gasteiger partial charge in [-0.2, -0.15) is 0 Å². The normalized spacial score (nSPS) is 16.0. The van der Waals surface area contributed by atoms with Gasteiger partial charge in [0.1, 0.15) is 0 Å². The third-order valence-electron chi connectivity index (χ3n) is 4.90. The zero-order valence-corrected chi connectivity index (χ0v) is 14.7. The Bertz CT molecular complexity index is 724. The SMILES string of the molecule is CN1CCN(CCCc2ccccc2-c2cccc([N+](=O)[O-])c2)CC1. The van der Waals surface area contributed by atoms with E-state index in [1.165, 1.54) is 5.56 Å². The fraction of sp³-hybridized carbons (Fsp3) is 0.400. The highest BCUT2D eigenvalue weighted by Crippen LogP contribution is 2.27. The van der Waals surface area contributed by atoms with Crippen molar-refractivity contribution in [3.63, 3.8) is 0 Å². The lowest BCUT2D eigenvalue weighted by Gasteiger charge is -2.32. The molecule has 0 bridgehead atoms. The van der Waals surface area contributed by atoms with Crippen LogP contribution in [0.15, 0.2) is 48.5 Å². The molecule has 1 aliphatic heterocycles. The van der Waals surface area contributed by atoms with Crippen LogP contribution in [0.1, 0.15) is 12.0 Å². The summed E-state index contributed by atoms with van der Waals surface area (Å²) in [4.78, 5) is 15.6. The fourth-order valence-electron chi connectivity index (χ4n) is 3.37. The van der Waals surface area contributed by atoms with Gasteiger partial charge in [0.15, 0.2) is 0 Å². The molecular formula is C20H25N3O2. The molecule has 0 aliphatic carbocycles. The second-order valence-corrected chi connectivity index (χ2v) is 6.71. The minimum atomic E-state index is -0.334. The summed E-state index contributed by atoms with van der Waals surface area (Å²) in [5, 5.41) is 11.0. The molecule has 0 radical (unpaired) electrons. The average molecular weight is 339 g/mol. The van der Waals surface area contributed by atoms with Gasteiger partial charge in [0.05, 0.1) is 4.92 Å². The number of nitrogens with zero attached hydrogens (tertiary/aromatic N) is 3. The van der Waals surface area contributed by atoms with E-state index in [9.17, 15) is 10.1 Å². The highest BCUT2D eigenvalue weighted by molar-refractivity contribution is 5.69. The van der Waals surface area contributed by atoms with Gasteiger partial charge in [-0.15, -0.1) is 0 Å². The molecule has 1 saturated heterocycles. The number of hydrogen-bond donors (Lipinski definition) is 0. The maximum atomic E-state index is 11.0. The largest absolute Gasteiger partial charge is 0.304 e. The molecule has 5 nitrogen and oxygen atoms in total. The fourth-order valence-corrected chi connectivity index (χ4v) is 3.37. The van der Waals surface area contributed by atoms with Gasteiger partial charge < -0.3 is 9.80 Å². The Labute approximate surface area is 149 Å². The zero-order valence-electron chi connectivity index (χ0n) is 14.7. The van der Waals surface area contributed by atoms with E-state index in [-0.39, 0.29) is 10.6 Å². The van der Waals surface area contributed by atoms with E-state index in [4.69, 9.17) is 0 Å². The van der Waals surface area contributed by atoms with Gasteiger partial charge in [-0.3, -0.25) is 10.1 Å². The molecule has 0 amide bonds. The molecule has 0 spiro atoms. The first-order chi connectivity index (χ1) is 12.1. The predicted octanol–water partition coefficient (Wildman–Crippen LogP) is 3.44. The molecular weight excluding hydrogens is 314 g/mol. The van der Waals surface area contributed by atoms with Gasteiger partial charge in [0.25, 0.3) is 5.69 Å². The minimum absolute atomic E-state index is 0.143. The number of rotatable bonds is 6. The topological polar surface area (TPSA) is 49.6 Å². The van der Waals surface area contributed by atoms with Crippen LogP contribution in [0.5, 0.6) is 0 Å². The Morgan fingerprint density at radius 3 is 2.56 bits per heavy atom. The van der Waals surface area contributed by atoms with Crippen molar-refractivity contribution in [1.82, 2.24) is 9.80 Å². The number of aryl methyl sites for hydroxylation is 1. The Kier molecular flexibility index (Phi) is 5.79. The molecule has 0 N–H and O–H groups in total. The summed E-state index contributed by atoms with van der Waals surface area (Å²) < 4.78 is 0. The van der Waals surface area contributed by atoms with Crippen LogP contribution < -0.4 is 0 Å². The highest BCUT2D eigenvalue weighted by atomic mass is 16.6. The molecule has 3 rings (SSSR count). The molecule has 1 aliphatic rings. The van der Waals surface area contributed by atoms with Gasteiger partial charge in [-0.1, -0.05) is 36.4 Å². The Morgan fingerprint density at radius 2 is 1.80 bits per heavy atom. The van der Waals surface area contributed by atoms with E-state index < -0.39 is 0 Å². The number of hydrogen-bond acceptors (Lipinski definition) is 4. The maximum Gasteiger partial charge on any atom is 0.270 e. The van der Waals surface area contributed by atoms with Crippen LogP contribution in [-0.2, 0) is 6.42 Å². The monoisotopic (exact) mass is 339 g/mol. The number of nitro groups is 1. The number of benzene rings is 2. The van der Waals surface area contributed by atoms with Crippen molar-refractivity contribution < 1.29 is 4.92 Å². The summed E-state index contributed by atoms with van der Waals surface area (Å²) in [6.07, 6.45) is 2.10. The van der Waals surface area contributed by atoms with E-state index in [0.717, 1.165) is 56.7 Å². The smallest absolute Gasteiger partial charge is 0.270 e. The van der Waals surface area contributed by atoms with Crippen molar-refractivity contribution in [3.05, 3.63) is 64.2 Å². The van der Waals surface area contributed by atoms with E-state index in [1.54, 1.807) is 18.2 Å². The third-order valence-corrected chi connectivity index (χ3v) is 4.90. The highest BCUT2D eigenvalue weighted by Gasteiger charge is 2.14. The van der Waals surface area contributed by atoms with E-state index in [2.05, 4.69) is 29.0 Å². The zero-order chi connectivity index (χ0) is 17.6. The molecule has 2 aromatic carbocycles. The molecule has 0 aromatic heterocycles. The molecule has 0 unspecified atom stereocenters. The van der Waals surface area contributed by atoms with Gasteiger partial charge in [0, 0.05) is 38.3 Å². The summed E-state index contributed by atoms with van der Waals surface area (Å²) in [6.45, 7) is 5.68. The van der Waals surface area contributed by atoms with Crippen LogP contribution in [0.2, 0.25) is 0 Å². The molecule has 0 saturated carbocycles. The molecule has 0 atom stereocenters. The van der Waals surface area contributed by atoms with Gasteiger partial charge in [-0.25, -0.2) is 0 Å². The standard InChI is InChI=1S/C20H25N3O2/c1-21-12-14-22(15-13-21)11-5-8-17-6-2-3-10-20(17)18-7-4-9-19(16-18)23(24)25/h2-4,6-7,9-10,16H,5,8,11-15H2,1H3. The van der Waals surface area contributed by atoms with Crippen molar-refractivity contribution in [3.8, 4) is 11.1 Å². The lowest BCUT2D eigenvalue weighted by molar-refractivity contribution is -0.384. The molecule has 25 heavy (non-hydrogen) atoms. The van der Waals surface area contributed by atoms with Gasteiger partial charge >= 0.3 is 0 Å². The number of piperazine rings is 1. The number of non-ortho nitro benzene ring substituents is 1. The first-order valence-electron chi connectivity index (χ1n) is 8.87. The van der Waals surface area contributed by atoms with Crippen molar-refractivity contribution in [2.45, 2.75) is 12.8 Å². The first kappa shape index (κ1) is 17.6. The van der Waals surface area contributed by atoms with Crippen LogP contribution in [0.3, 0.4) is 0 Å². The van der Waals surface area contributed by atoms with Crippen LogP contribution in [0.4, 0.5) is 5.69 Å². The average Bonchev–Trinajstić information content (AvgIpc) is 2.64. The minimum Gasteiger partial charge on any atom is -0.304 e. The van der Waals surface area contributed by atoms with Gasteiger partial charge in [-0.05, 0) is 43.1 Å². The van der Waals surface area contributed by atoms with Crippen LogP contribution in [0, 0.1) is 10.1 Å². The van der Waals surface area contributed by atoms with E-state index in [1.807, 2.05) is 18.2 Å². The second kappa shape index (κ2) is 8.23. The van der Waals surface area contributed by atoms with Gasteiger partial charge in [0.2, 0.25) is 0 Å². The summed E-state index contributed by atoms with van der Waals surface area (Å²) in [5.74, 6) is 0. The van der Waals surface area contributed by atoms with Crippen LogP contribution in [-0.4, -0.2) is 54.5 Å². The summed E-state index contributed by atoms with van der Waals surface area (Å²) in [7, 11) is 2.17. The lowest BCUT2D eigenvalue weighted by Crippen LogP contribution is -2.44. The number of nitro benzene ring substituents is 1. The third kappa shape index (κ3) is 4.65. The molecule has 2 aromatic rings. The summed E-state index contributed by atoms with van der Waals surface area (Å²) in [5.41, 5.74) is 3.43. The summed E-state index contributed by atoms with van der Waals surface area (Å²) >= 11 is 0. The van der Waals surface area contributed by atoms with Crippen molar-refractivity contribution in [1.29, 1.82) is 0 Å². The predicted molar refractivity (Wildman–Crippen MR) is 101 cm³/mol. The van der Waals surface area contributed by atoms with Crippen molar-refractivity contribution in [2.75, 3.05) is 39.8 Å². The van der Waals surface area contributed by atoms with Crippen LogP contribution >= 0.6 is 0 Å². The van der Waals surface area contributed by atoms with E-state index in [0.29, 0.717) is 0 Å². The quantitative estimate of drug-likeness (QED) is 0.597. The number of likely N-dealkylation sites (N-methyl/N-ethyl adjacent to an activating group) is 1. The Morgan fingerprint density at radius 1 is 1.04 bits per heavy atom. The second-order valence-electron chi connectivity index (χ2n) is 6.71. The lowest BCUT2D eigenvalue weighted by atomic mass is 9.96. The van der Waals surface area contributed by atoms with Crippen molar-refractivity contribution in [2.24, 2.45) is 0 Å². The van der Waals surface area contributed by atoms with E-state index >= 15 is 0 Å². The molecule has 1 fully saturated rings. The first-order valence-corrected chi connectivity index (χ1v) is 8.87. The Hall–Kier alpha value is -2.24.